The van der Waals surface area contributed by atoms with Crippen molar-refractivity contribution in [3.8, 4) is 5.88 Å². The van der Waals surface area contributed by atoms with Gasteiger partial charge >= 0.3 is 0 Å². The Labute approximate surface area is 104 Å². The minimum atomic E-state index is -0.275. The summed E-state index contributed by atoms with van der Waals surface area (Å²) in [6.07, 6.45) is 1.35. The highest BCUT2D eigenvalue weighted by atomic mass is 19.1. The number of aromatic nitrogens is 2. The van der Waals surface area contributed by atoms with Gasteiger partial charge in [-0.25, -0.2) is 9.37 Å². The Kier molecular flexibility index (Phi) is 3.57. The van der Waals surface area contributed by atoms with Gasteiger partial charge in [0.15, 0.2) is 5.82 Å². The molecular formula is C12H13FN4O. The summed E-state index contributed by atoms with van der Waals surface area (Å²) in [5, 5.41) is 3.01. The molecule has 0 aliphatic heterocycles. The van der Waals surface area contributed by atoms with Crippen LogP contribution in [0.3, 0.4) is 0 Å². The van der Waals surface area contributed by atoms with Crippen molar-refractivity contribution in [2.45, 2.75) is 6.54 Å². The van der Waals surface area contributed by atoms with Crippen molar-refractivity contribution in [2.75, 3.05) is 18.2 Å². The summed E-state index contributed by atoms with van der Waals surface area (Å²) >= 11 is 0. The highest BCUT2D eigenvalue weighted by Crippen LogP contribution is 2.24. The van der Waals surface area contributed by atoms with Gasteiger partial charge in [-0.1, -0.05) is 12.1 Å². The molecular weight excluding hydrogens is 235 g/mol. The van der Waals surface area contributed by atoms with Crippen LogP contribution in [0.5, 0.6) is 5.88 Å². The van der Waals surface area contributed by atoms with E-state index in [1.54, 1.807) is 6.07 Å². The molecule has 1 aromatic heterocycles. The fourth-order valence-corrected chi connectivity index (χ4v) is 1.52. The maximum absolute atomic E-state index is 13.0. The summed E-state index contributed by atoms with van der Waals surface area (Å²) in [5.74, 6) is 0.500. The second-order valence-corrected chi connectivity index (χ2v) is 3.63. The average Bonchev–Trinajstić information content (AvgIpc) is 2.38. The maximum atomic E-state index is 13.0. The predicted molar refractivity (Wildman–Crippen MR) is 66.7 cm³/mol. The van der Waals surface area contributed by atoms with Gasteiger partial charge < -0.3 is 15.8 Å². The standard InChI is InChI=1S/C12H13FN4O/c1-18-12-10(14)11(16-7-17-12)15-6-8-3-2-4-9(13)5-8/h2-5,7H,6,14H2,1H3,(H,15,16,17). The molecule has 0 spiro atoms. The number of nitrogen functional groups attached to an aromatic ring is 1. The second-order valence-electron chi connectivity index (χ2n) is 3.63. The van der Waals surface area contributed by atoms with E-state index in [0.717, 1.165) is 5.56 Å². The van der Waals surface area contributed by atoms with Crippen LogP contribution in [0, 0.1) is 5.82 Å². The van der Waals surface area contributed by atoms with E-state index in [1.165, 1.54) is 25.6 Å². The number of nitrogens with two attached hydrogens (primary N) is 1. The van der Waals surface area contributed by atoms with Crippen LogP contribution in [0.2, 0.25) is 0 Å². The second kappa shape index (κ2) is 5.31. The lowest BCUT2D eigenvalue weighted by Crippen LogP contribution is -2.07. The third-order valence-electron chi connectivity index (χ3n) is 2.39. The topological polar surface area (TPSA) is 73.1 Å². The molecule has 0 bridgehead atoms. The average molecular weight is 248 g/mol. The molecule has 18 heavy (non-hydrogen) atoms. The number of nitrogens with one attached hydrogen (secondary N) is 1. The van der Waals surface area contributed by atoms with Gasteiger partial charge in [0, 0.05) is 6.54 Å². The number of halogens is 1. The van der Waals surface area contributed by atoms with Crippen molar-refractivity contribution < 1.29 is 9.13 Å². The van der Waals surface area contributed by atoms with Crippen molar-refractivity contribution >= 4 is 11.5 Å². The van der Waals surface area contributed by atoms with E-state index in [9.17, 15) is 4.39 Å². The molecule has 0 aliphatic carbocycles. The number of nitrogens with zero attached hydrogens (tertiary/aromatic N) is 2. The van der Waals surface area contributed by atoms with Crippen LogP contribution in [0.15, 0.2) is 30.6 Å². The van der Waals surface area contributed by atoms with Crippen molar-refractivity contribution in [1.29, 1.82) is 0 Å². The number of anilines is 2. The molecule has 0 fully saturated rings. The molecule has 0 atom stereocenters. The van der Waals surface area contributed by atoms with Gasteiger partial charge in [-0.05, 0) is 17.7 Å². The lowest BCUT2D eigenvalue weighted by molar-refractivity contribution is 0.399. The molecule has 6 heteroatoms. The molecule has 0 saturated carbocycles. The fraction of sp³-hybridized carbons (Fsp3) is 0.167. The summed E-state index contributed by atoms with van der Waals surface area (Å²) < 4.78 is 18.0. The molecule has 0 saturated heterocycles. The van der Waals surface area contributed by atoms with Crippen molar-refractivity contribution in [3.63, 3.8) is 0 Å². The van der Waals surface area contributed by atoms with E-state index in [2.05, 4.69) is 15.3 Å². The van der Waals surface area contributed by atoms with E-state index >= 15 is 0 Å². The monoisotopic (exact) mass is 248 g/mol. The first-order valence-corrected chi connectivity index (χ1v) is 5.33. The molecule has 1 heterocycles. The number of methoxy groups -OCH3 is 1. The fourth-order valence-electron chi connectivity index (χ4n) is 1.52. The Morgan fingerprint density at radius 1 is 1.39 bits per heavy atom. The minimum absolute atomic E-state index is 0.275. The first-order chi connectivity index (χ1) is 8.70. The number of ether oxygens (including phenoxy) is 1. The maximum Gasteiger partial charge on any atom is 0.242 e. The third kappa shape index (κ3) is 2.65. The summed E-state index contributed by atoms with van der Waals surface area (Å²) in [6, 6.07) is 6.30. The molecule has 0 aliphatic rings. The summed E-state index contributed by atoms with van der Waals surface area (Å²) in [6.45, 7) is 0.419. The third-order valence-corrected chi connectivity index (χ3v) is 2.39. The number of rotatable bonds is 4. The predicted octanol–water partition coefficient (Wildman–Crippen LogP) is 1.82. The quantitative estimate of drug-likeness (QED) is 0.863. The number of benzene rings is 1. The van der Waals surface area contributed by atoms with E-state index in [0.29, 0.717) is 23.9 Å². The summed E-state index contributed by atoms with van der Waals surface area (Å²) in [4.78, 5) is 7.87. The molecule has 94 valence electrons. The van der Waals surface area contributed by atoms with Gasteiger partial charge in [-0.3, -0.25) is 0 Å². The zero-order valence-corrected chi connectivity index (χ0v) is 9.85. The molecule has 0 unspecified atom stereocenters. The first-order valence-electron chi connectivity index (χ1n) is 5.33. The van der Waals surface area contributed by atoms with Crippen molar-refractivity contribution in [1.82, 2.24) is 9.97 Å². The van der Waals surface area contributed by atoms with Gasteiger partial charge in [0.05, 0.1) is 7.11 Å². The van der Waals surface area contributed by atoms with Crippen LogP contribution in [-0.2, 0) is 6.54 Å². The van der Waals surface area contributed by atoms with Crippen molar-refractivity contribution in [2.24, 2.45) is 0 Å². The van der Waals surface area contributed by atoms with E-state index in [-0.39, 0.29) is 5.82 Å². The molecule has 0 radical (unpaired) electrons. The number of hydrogen-bond donors (Lipinski definition) is 2. The van der Waals surface area contributed by atoms with Gasteiger partial charge in [-0.2, -0.15) is 4.98 Å². The Morgan fingerprint density at radius 3 is 2.94 bits per heavy atom. The van der Waals surface area contributed by atoms with Crippen LogP contribution in [0.1, 0.15) is 5.56 Å². The van der Waals surface area contributed by atoms with Crippen LogP contribution in [-0.4, -0.2) is 17.1 Å². The Balaban J connectivity index is 2.11. The minimum Gasteiger partial charge on any atom is -0.479 e. The zero-order chi connectivity index (χ0) is 13.0. The highest BCUT2D eigenvalue weighted by molar-refractivity contribution is 5.66. The van der Waals surface area contributed by atoms with Crippen LogP contribution in [0.25, 0.3) is 0 Å². The lowest BCUT2D eigenvalue weighted by atomic mass is 10.2. The van der Waals surface area contributed by atoms with Crippen LogP contribution >= 0.6 is 0 Å². The van der Waals surface area contributed by atoms with E-state index in [4.69, 9.17) is 10.5 Å². The van der Waals surface area contributed by atoms with Gasteiger partial charge in [-0.15, -0.1) is 0 Å². The first kappa shape index (κ1) is 12.1. The van der Waals surface area contributed by atoms with Crippen molar-refractivity contribution in [3.05, 3.63) is 42.0 Å². The van der Waals surface area contributed by atoms with E-state index in [1.807, 2.05) is 6.07 Å². The highest BCUT2D eigenvalue weighted by Gasteiger charge is 2.07. The summed E-state index contributed by atoms with van der Waals surface area (Å²) in [7, 11) is 1.48. The molecule has 3 N–H and O–H groups in total. The van der Waals surface area contributed by atoms with Gasteiger partial charge in [0.2, 0.25) is 5.88 Å². The summed E-state index contributed by atoms with van der Waals surface area (Å²) in [5.41, 5.74) is 6.93. The van der Waals surface area contributed by atoms with Crippen LogP contribution in [0.4, 0.5) is 15.9 Å². The molecule has 2 aromatic rings. The smallest absolute Gasteiger partial charge is 0.242 e. The molecule has 0 amide bonds. The molecule has 2 rings (SSSR count). The molecule has 5 nitrogen and oxygen atoms in total. The van der Waals surface area contributed by atoms with Gasteiger partial charge in [0.25, 0.3) is 0 Å². The normalized spacial score (nSPS) is 10.1. The largest absolute Gasteiger partial charge is 0.479 e. The van der Waals surface area contributed by atoms with Crippen LogP contribution < -0.4 is 15.8 Å². The Morgan fingerprint density at radius 2 is 2.22 bits per heavy atom. The lowest BCUT2D eigenvalue weighted by Gasteiger charge is -2.10. The SMILES string of the molecule is COc1ncnc(NCc2cccc(F)c2)c1N. The molecule has 1 aromatic carbocycles. The van der Waals surface area contributed by atoms with E-state index < -0.39 is 0 Å². The Bertz CT molecular complexity index is 547. The number of hydrogen-bond acceptors (Lipinski definition) is 5. The Hall–Kier alpha value is -2.37. The van der Waals surface area contributed by atoms with Gasteiger partial charge in [0.1, 0.15) is 17.8 Å². The zero-order valence-electron chi connectivity index (χ0n) is 9.85.